The Kier molecular flexibility index (Phi) is 3.51. The van der Waals surface area contributed by atoms with Gasteiger partial charge in [0.15, 0.2) is 0 Å². The van der Waals surface area contributed by atoms with Gasteiger partial charge in [0.1, 0.15) is 12.2 Å². The molecule has 0 saturated heterocycles. The van der Waals surface area contributed by atoms with Gasteiger partial charge in [0.2, 0.25) is 0 Å². The standard InChI is InChI=1S/C16H18N6O2/c1-9(2)14-12-5-10(6-17-16(12)24-21-14)15(23)20-11-3-4-13-18-8-19-22(13)7-11/h5-6,8-9,11H,3-4,7H2,1-2H3,(H,20,23). The van der Waals surface area contributed by atoms with Crippen LogP contribution in [0.5, 0.6) is 0 Å². The smallest absolute Gasteiger partial charge is 0.257 e. The fraction of sp³-hybridized carbons (Fsp3) is 0.438. The minimum absolute atomic E-state index is 0.0365. The lowest BCUT2D eigenvalue weighted by Crippen LogP contribution is -2.41. The Balaban J connectivity index is 1.54. The van der Waals surface area contributed by atoms with Crippen LogP contribution in [0.2, 0.25) is 0 Å². The number of hydrogen-bond acceptors (Lipinski definition) is 6. The highest BCUT2D eigenvalue weighted by Crippen LogP contribution is 2.24. The normalized spacial score (nSPS) is 17.2. The zero-order valence-electron chi connectivity index (χ0n) is 13.6. The predicted molar refractivity (Wildman–Crippen MR) is 85.5 cm³/mol. The van der Waals surface area contributed by atoms with E-state index in [2.05, 4.69) is 25.5 Å². The summed E-state index contributed by atoms with van der Waals surface area (Å²) in [6.45, 7) is 4.70. The van der Waals surface area contributed by atoms with Crippen LogP contribution in [-0.4, -0.2) is 36.9 Å². The number of pyridine rings is 1. The van der Waals surface area contributed by atoms with E-state index in [1.807, 2.05) is 18.5 Å². The largest absolute Gasteiger partial charge is 0.347 e. The Labute approximate surface area is 138 Å². The van der Waals surface area contributed by atoms with Crippen molar-refractivity contribution in [2.75, 3.05) is 0 Å². The van der Waals surface area contributed by atoms with Gasteiger partial charge in [0.25, 0.3) is 11.6 Å². The zero-order chi connectivity index (χ0) is 16.7. The summed E-state index contributed by atoms with van der Waals surface area (Å²) in [6, 6.07) is 1.84. The molecule has 4 heterocycles. The molecule has 3 aromatic rings. The summed E-state index contributed by atoms with van der Waals surface area (Å²) >= 11 is 0. The molecule has 8 heteroatoms. The number of hydrogen-bond donors (Lipinski definition) is 1. The van der Waals surface area contributed by atoms with Gasteiger partial charge in [-0.2, -0.15) is 5.10 Å². The molecule has 0 bridgehead atoms. The van der Waals surface area contributed by atoms with Crippen molar-refractivity contribution in [1.82, 2.24) is 30.2 Å². The fourth-order valence-corrected chi connectivity index (χ4v) is 3.01. The molecule has 8 nitrogen and oxygen atoms in total. The highest BCUT2D eigenvalue weighted by Gasteiger charge is 2.22. The van der Waals surface area contributed by atoms with Crippen LogP contribution in [0.4, 0.5) is 0 Å². The highest BCUT2D eigenvalue weighted by molar-refractivity contribution is 5.97. The van der Waals surface area contributed by atoms with E-state index >= 15 is 0 Å². The molecular weight excluding hydrogens is 308 g/mol. The second-order valence-electron chi connectivity index (χ2n) is 6.37. The van der Waals surface area contributed by atoms with Gasteiger partial charge in [-0.15, -0.1) is 0 Å². The summed E-state index contributed by atoms with van der Waals surface area (Å²) in [6.07, 6.45) is 4.74. The first-order valence-electron chi connectivity index (χ1n) is 8.04. The van der Waals surface area contributed by atoms with E-state index in [9.17, 15) is 4.79 Å². The lowest BCUT2D eigenvalue weighted by atomic mass is 10.1. The summed E-state index contributed by atoms with van der Waals surface area (Å²) in [4.78, 5) is 21.0. The van der Waals surface area contributed by atoms with Crippen molar-refractivity contribution in [2.45, 2.75) is 45.2 Å². The molecule has 24 heavy (non-hydrogen) atoms. The van der Waals surface area contributed by atoms with Crippen molar-refractivity contribution in [3.8, 4) is 0 Å². The highest BCUT2D eigenvalue weighted by atomic mass is 16.5. The van der Waals surface area contributed by atoms with E-state index in [0.29, 0.717) is 17.8 Å². The molecule has 1 aliphatic rings. The van der Waals surface area contributed by atoms with Crippen molar-refractivity contribution >= 4 is 17.0 Å². The molecule has 0 aliphatic carbocycles. The first-order valence-corrected chi connectivity index (χ1v) is 8.04. The maximum absolute atomic E-state index is 12.6. The number of aryl methyl sites for hydroxylation is 1. The first-order chi connectivity index (χ1) is 11.6. The summed E-state index contributed by atoms with van der Waals surface area (Å²) in [5, 5.41) is 12.1. The molecule has 0 spiro atoms. The van der Waals surface area contributed by atoms with Gasteiger partial charge in [-0.05, 0) is 18.4 Å². The molecule has 3 aromatic heterocycles. The van der Waals surface area contributed by atoms with E-state index in [-0.39, 0.29) is 17.9 Å². The third kappa shape index (κ3) is 2.53. The molecule has 1 aliphatic heterocycles. The van der Waals surface area contributed by atoms with Gasteiger partial charge >= 0.3 is 0 Å². The Morgan fingerprint density at radius 1 is 1.42 bits per heavy atom. The lowest BCUT2D eigenvalue weighted by molar-refractivity contribution is 0.0926. The van der Waals surface area contributed by atoms with Crippen molar-refractivity contribution < 1.29 is 9.32 Å². The van der Waals surface area contributed by atoms with Crippen molar-refractivity contribution in [1.29, 1.82) is 0 Å². The summed E-state index contributed by atoms with van der Waals surface area (Å²) in [7, 11) is 0. The minimum Gasteiger partial charge on any atom is -0.347 e. The topological polar surface area (TPSA) is 98.7 Å². The Hall–Kier alpha value is -2.77. The van der Waals surface area contributed by atoms with E-state index in [1.54, 1.807) is 12.4 Å². The van der Waals surface area contributed by atoms with Crippen LogP contribution < -0.4 is 5.32 Å². The Morgan fingerprint density at radius 2 is 2.29 bits per heavy atom. The van der Waals surface area contributed by atoms with Crippen molar-refractivity contribution in [3.63, 3.8) is 0 Å². The average molecular weight is 326 g/mol. The second-order valence-corrected chi connectivity index (χ2v) is 6.37. The molecule has 0 fully saturated rings. The predicted octanol–water partition coefficient (Wildman–Crippen LogP) is 1.68. The quantitative estimate of drug-likeness (QED) is 0.786. The molecule has 4 rings (SSSR count). The number of carbonyl (C=O) groups excluding carboxylic acids is 1. The molecule has 1 amide bonds. The van der Waals surface area contributed by atoms with Crippen LogP contribution in [0.3, 0.4) is 0 Å². The Morgan fingerprint density at radius 3 is 3.12 bits per heavy atom. The van der Waals surface area contributed by atoms with Crippen LogP contribution in [0.1, 0.15) is 48.1 Å². The first kappa shape index (κ1) is 14.8. The summed E-state index contributed by atoms with van der Waals surface area (Å²) < 4.78 is 7.05. The SMILES string of the molecule is CC(C)c1noc2ncc(C(=O)NC3CCc4ncnn4C3)cc12. The van der Waals surface area contributed by atoms with Gasteiger partial charge in [0, 0.05) is 18.7 Å². The summed E-state index contributed by atoms with van der Waals surface area (Å²) in [5.74, 6) is 1.03. The average Bonchev–Trinajstić information content (AvgIpc) is 3.20. The van der Waals surface area contributed by atoms with Gasteiger partial charge in [-0.1, -0.05) is 19.0 Å². The van der Waals surface area contributed by atoms with Crippen molar-refractivity contribution in [2.24, 2.45) is 0 Å². The van der Waals surface area contributed by atoms with Crippen molar-refractivity contribution in [3.05, 3.63) is 35.7 Å². The Bertz CT molecular complexity index is 897. The third-order valence-electron chi connectivity index (χ3n) is 4.31. The maximum Gasteiger partial charge on any atom is 0.257 e. The second kappa shape index (κ2) is 5.70. The molecule has 0 saturated carbocycles. The van der Waals surface area contributed by atoms with E-state index in [0.717, 1.165) is 29.7 Å². The van der Waals surface area contributed by atoms with Gasteiger partial charge < -0.3 is 9.84 Å². The van der Waals surface area contributed by atoms with Crippen LogP contribution >= 0.6 is 0 Å². The number of nitrogens with zero attached hydrogens (tertiary/aromatic N) is 5. The van der Waals surface area contributed by atoms with Gasteiger partial charge in [-0.3, -0.25) is 4.79 Å². The third-order valence-corrected chi connectivity index (χ3v) is 4.31. The maximum atomic E-state index is 12.6. The van der Waals surface area contributed by atoms with Gasteiger partial charge in [0.05, 0.1) is 23.2 Å². The molecular formula is C16H18N6O2. The summed E-state index contributed by atoms with van der Waals surface area (Å²) in [5.41, 5.74) is 1.79. The zero-order valence-corrected chi connectivity index (χ0v) is 13.6. The number of fused-ring (bicyclic) bond motifs is 2. The minimum atomic E-state index is -0.145. The monoisotopic (exact) mass is 326 g/mol. The number of carbonyl (C=O) groups is 1. The van der Waals surface area contributed by atoms with E-state index in [4.69, 9.17) is 4.52 Å². The molecule has 0 radical (unpaired) electrons. The van der Waals surface area contributed by atoms with E-state index < -0.39 is 0 Å². The number of nitrogens with one attached hydrogen (secondary N) is 1. The van der Waals surface area contributed by atoms with Crippen LogP contribution in [0, 0.1) is 0 Å². The van der Waals surface area contributed by atoms with Crippen LogP contribution in [0.25, 0.3) is 11.1 Å². The number of rotatable bonds is 3. The fourth-order valence-electron chi connectivity index (χ4n) is 3.01. The van der Waals surface area contributed by atoms with Crippen LogP contribution in [-0.2, 0) is 13.0 Å². The molecule has 124 valence electrons. The van der Waals surface area contributed by atoms with E-state index in [1.165, 1.54) is 6.20 Å². The molecule has 0 aromatic carbocycles. The van der Waals surface area contributed by atoms with Crippen LogP contribution in [0.15, 0.2) is 23.1 Å². The number of amides is 1. The number of aromatic nitrogens is 5. The lowest BCUT2D eigenvalue weighted by Gasteiger charge is -2.23. The molecule has 1 unspecified atom stereocenters. The molecule has 1 N–H and O–H groups in total. The van der Waals surface area contributed by atoms with Gasteiger partial charge in [-0.25, -0.2) is 14.6 Å². The molecule has 1 atom stereocenters.